The predicted molar refractivity (Wildman–Crippen MR) is 164 cm³/mol. The van der Waals surface area contributed by atoms with Crippen molar-refractivity contribution in [2.24, 2.45) is 5.92 Å². The number of nitrogens with one attached hydrogen (secondary N) is 1. The summed E-state index contributed by atoms with van der Waals surface area (Å²) in [5.41, 5.74) is 0.689. The summed E-state index contributed by atoms with van der Waals surface area (Å²) in [6, 6.07) is 6.74. The summed E-state index contributed by atoms with van der Waals surface area (Å²) in [6.07, 6.45) is 6.73. The molecule has 4 rings (SSSR count). The number of benzene rings is 2. The van der Waals surface area contributed by atoms with Crippen LogP contribution in [0.3, 0.4) is 0 Å². The molecule has 2 heterocycles. The molecule has 1 amide bonds. The van der Waals surface area contributed by atoms with E-state index in [0.29, 0.717) is 24.3 Å². The van der Waals surface area contributed by atoms with Gasteiger partial charge in [0, 0.05) is 25.0 Å². The summed E-state index contributed by atoms with van der Waals surface area (Å²) in [4.78, 5) is 24.7. The van der Waals surface area contributed by atoms with E-state index in [1.54, 1.807) is 49.6 Å². The number of allylic oxidation sites excluding steroid dienone is 2. The molecule has 2 aliphatic rings. The van der Waals surface area contributed by atoms with Gasteiger partial charge in [-0.05, 0) is 62.9 Å². The Morgan fingerprint density at radius 2 is 1.98 bits per heavy atom. The molecule has 0 saturated carbocycles. The normalized spacial score (nSPS) is 19.2. The van der Waals surface area contributed by atoms with Crippen LogP contribution in [0.4, 0.5) is 10.1 Å². The number of ether oxygens (including phenoxy) is 3. The summed E-state index contributed by atoms with van der Waals surface area (Å²) < 4.78 is 48.7. The Morgan fingerprint density at radius 3 is 2.57 bits per heavy atom. The Morgan fingerprint density at radius 1 is 1.24 bits per heavy atom. The van der Waals surface area contributed by atoms with Crippen molar-refractivity contribution >= 4 is 39.8 Å². The first-order valence-corrected chi connectivity index (χ1v) is 14.8. The van der Waals surface area contributed by atoms with E-state index in [9.17, 15) is 13.8 Å². The summed E-state index contributed by atoms with van der Waals surface area (Å²) >= 11 is -1.94. The molecule has 0 radical (unpaired) electrons. The van der Waals surface area contributed by atoms with Crippen LogP contribution in [0.15, 0.2) is 61.2 Å². The molecule has 2 aliphatic heterocycles. The number of anilines is 1. The number of methoxy groups -OCH3 is 1. The number of carbonyl (C=O) groups is 2. The van der Waals surface area contributed by atoms with E-state index in [2.05, 4.69) is 22.8 Å². The SMILES string of the molecule is C=C/C=C(\C=C)COc1cc2ccc(OCC3CCN(CC=O)C3)cc2c(F)c1N1CC(=O)NS1=O.COC(C)(C)C. The van der Waals surface area contributed by atoms with Gasteiger partial charge in [-0.3, -0.25) is 18.7 Å². The molecule has 2 atom stereocenters. The van der Waals surface area contributed by atoms with Gasteiger partial charge in [-0.15, -0.1) is 0 Å². The largest absolute Gasteiger partial charge is 0.493 e. The lowest BCUT2D eigenvalue weighted by molar-refractivity contribution is -0.117. The molecule has 1 N–H and O–H groups in total. The van der Waals surface area contributed by atoms with Gasteiger partial charge in [0.15, 0.2) is 5.82 Å². The number of carbonyl (C=O) groups excluding carboxylic acids is 2. The van der Waals surface area contributed by atoms with Crippen molar-refractivity contribution in [3.63, 3.8) is 0 Å². The molecular weight excluding hydrogens is 561 g/mol. The molecule has 2 aromatic rings. The summed E-state index contributed by atoms with van der Waals surface area (Å²) in [6.45, 7) is 15.8. The summed E-state index contributed by atoms with van der Waals surface area (Å²) in [7, 11) is 1.71. The zero-order valence-electron chi connectivity index (χ0n) is 24.7. The first kappa shape index (κ1) is 33.0. The average Bonchev–Trinajstić information content (AvgIpc) is 3.54. The lowest BCUT2D eigenvalue weighted by Gasteiger charge is -2.21. The van der Waals surface area contributed by atoms with E-state index in [-0.39, 0.29) is 41.5 Å². The van der Waals surface area contributed by atoms with E-state index in [4.69, 9.17) is 14.2 Å². The average molecular weight is 602 g/mol. The highest BCUT2D eigenvalue weighted by molar-refractivity contribution is 7.85. The molecule has 0 aliphatic carbocycles. The molecule has 0 bridgehead atoms. The van der Waals surface area contributed by atoms with E-state index >= 15 is 4.39 Å². The maximum Gasteiger partial charge on any atom is 0.253 e. The topological polar surface area (TPSA) is 97.4 Å². The Balaban J connectivity index is 0.000000730. The molecule has 2 fully saturated rings. The predicted octanol–water partition coefficient (Wildman–Crippen LogP) is 4.50. The third-order valence-electron chi connectivity index (χ3n) is 6.72. The molecule has 0 spiro atoms. The van der Waals surface area contributed by atoms with Gasteiger partial charge in [0.25, 0.3) is 5.91 Å². The monoisotopic (exact) mass is 601 g/mol. The number of hydrogen-bond donors (Lipinski definition) is 1. The molecule has 2 unspecified atom stereocenters. The first-order chi connectivity index (χ1) is 20.0. The zero-order valence-corrected chi connectivity index (χ0v) is 25.5. The van der Waals surface area contributed by atoms with Gasteiger partial charge in [-0.25, -0.2) is 8.60 Å². The Hall–Kier alpha value is -3.54. The standard InChI is InChI=1S/C26H28FN3O5S.C5H12O/c1-3-5-18(4-2)16-35-23-12-20-6-7-21(34-17-19-8-9-29(14-19)10-11-31)13-22(20)25(27)26(23)30-15-24(32)28-36(30)33;1-5(2,3)6-4/h3-7,11-13,19H,1-2,8-10,14-17H2,(H,28,32);1-4H3/b18-5+;. The fourth-order valence-corrected chi connectivity index (χ4v) is 5.23. The van der Waals surface area contributed by atoms with Gasteiger partial charge >= 0.3 is 0 Å². The van der Waals surface area contributed by atoms with E-state index in [1.165, 1.54) is 0 Å². The van der Waals surface area contributed by atoms with Crippen molar-refractivity contribution in [2.75, 3.05) is 50.8 Å². The summed E-state index contributed by atoms with van der Waals surface area (Å²) in [5, 5.41) is 0.819. The molecule has 228 valence electrons. The van der Waals surface area contributed by atoms with Crippen LogP contribution in [0.5, 0.6) is 11.5 Å². The van der Waals surface area contributed by atoms with Crippen LogP contribution in [0.1, 0.15) is 27.2 Å². The number of amides is 1. The number of hydrogen-bond acceptors (Lipinski definition) is 7. The number of likely N-dealkylation sites (tertiary alicyclic amines) is 1. The molecule has 42 heavy (non-hydrogen) atoms. The fourth-order valence-electron chi connectivity index (χ4n) is 4.29. The van der Waals surface area contributed by atoms with Gasteiger partial charge in [0.05, 0.1) is 18.8 Å². The minimum atomic E-state index is -1.94. The fraction of sp³-hybridized carbons (Fsp3) is 0.419. The van der Waals surface area contributed by atoms with Gasteiger partial charge in [-0.1, -0.05) is 37.5 Å². The van der Waals surface area contributed by atoms with Crippen LogP contribution in [0.2, 0.25) is 0 Å². The highest BCUT2D eigenvalue weighted by Gasteiger charge is 2.33. The zero-order chi connectivity index (χ0) is 30.9. The van der Waals surface area contributed by atoms with Crippen LogP contribution in [-0.2, 0) is 25.5 Å². The van der Waals surface area contributed by atoms with Crippen LogP contribution in [-0.4, -0.2) is 73.4 Å². The number of rotatable bonds is 11. The Labute approximate surface area is 249 Å². The smallest absolute Gasteiger partial charge is 0.253 e. The Kier molecular flexibility index (Phi) is 11.8. The van der Waals surface area contributed by atoms with Crippen molar-refractivity contribution in [1.82, 2.24) is 9.62 Å². The second-order valence-electron chi connectivity index (χ2n) is 10.9. The molecule has 0 aromatic heterocycles. The number of nitrogens with zero attached hydrogens (tertiary/aromatic N) is 2. The van der Waals surface area contributed by atoms with Crippen LogP contribution < -0.4 is 18.5 Å². The maximum atomic E-state index is 16.0. The number of halogens is 1. The quantitative estimate of drug-likeness (QED) is 0.299. The van der Waals surface area contributed by atoms with Crippen molar-refractivity contribution < 1.29 is 32.4 Å². The second kappa shape index (κ2) is 15.1. The van der Waals surface area contributed by atoms with Gasteiger partial charge in [0.2, 0.25) is 11.2 Å². The molecule has 9 nitrogen and oxygen atoms in total. The number of fused-ring (bicyclic) bond motifs is 1. The maximum absolute atomic E-state index is 16.0. The highest BCUT2D eigenvalue weighted by Crippen LogP contribution is 2.40. The van der Waals surface area contributed by atoms with Crippen LogP contribution in [0.25, 0.3) is 10.8 Å². The van der Waals surface area contributed by atoms with Crippen molar-refractivity contribution in [3.05, 3.63) is 67.0 Å². The Bertz CT molecular complexity index is 1360. The highest BCUT2D eigenvalue weighted by atomic mass is 32.2. The minimum absolute atomic E-state index is 0.0417. The van der Waals surface area contributed by atoms with Gasteiger partial charge in [0.1, 0.15) is 36.6 Å². The second-order valence-corrected chi connectivity index (χ2v) is 12.1. The van der Waals surface area contributed by atoms with Crippen molar-refractivity contribution in [2.45, 2.75) is 32.8 Å². The molecule has 11 heteroatoms. The third-order valence-corrected chi connectivity index (χ3v) is 7.83. The van der Waals surface area contributed by atoms with Gasteiger partial charge < -0.3 is 19.0 Å². The first-order valence-electron chi connectivity index (χ1n) is 13.7. The molecule has 2 aromatic carbocycles. The van der Waals surface area contributed by atoms with Crippen molar-refractivity contribution in [3.8, 4) is 11.5 Å². The third kappa shape index (κ3) is 8.98. The molecular formula is C31H40FN3O6S. The van der Waals surface area contributed by atoms with Crippen molar-refractivity contribution in [1.29, 1.82) is 0 Å². The van der Waals surface area contributed by atoms with Crippen LogP contribution in [0, 0.1) is 11.7 Å². The molecule has 2 saturated heterocycles. The lowest BCUT2D eigenvalue weighted by atomic mass is 10.1. The van der Waals surface area contributed by atoms with E-state index in [1.807, 2.05) is 20.8 Å². The lowest BCUT2D eigenvalue weighted by Crippen LogP contribution is -2.24. The van der Waals surface area contributed by atoms with Crippen LogP contribution >= 0.6 is 0 Å². The minimum Gasteiger partial charge on any atom is -0.493 e. The van der Waals surface area contributed by atoms with E-state index in [0.717, 1.165) is 35.7 Å². The summed E-state index contributed by atoms with van der Waals surface area (Å²) in [5.74, 6) is -0.215. The number of aldehydes is 1. The van der Waals surface area contributed by atoms with Gasteiger partial charge in [-0.2, -0.15) is 0 Å². The van der Waals surface area contributed by atoms with E-state index < -0.39 is 22.9 Å².